The Morgan fingerprint density at radius 2 is 1.87 bits per heavy atom. The molecule has 0 bridgehead atoms. The minimum absolute atomic E-state index is 0.0973. The Labute approximate surface area is 154 Å². The Kier molecular flexibility index (Phi) is 6.26. The molecule has 1 heterocycles. The third kappa shape index (κ3) is 4.97. The number of ether oxygens (including phenoxy) is 2. The maximum Gasteiger partial charge on any atom is 0.412 e. The topological polar surface area (TPSA) is 38.8 Å². The minimum Gasteiger partial charge on any atom is -0.444 e. The van der Waals surface area contributed by atoms with Gasteiger partial charge in [0, 0.05) is 4.43 Å². The van der Waals surface area contributed by atoms with E-state index < -0.39 is 11.3 Å². The van der Waals surface area contributed by atoms with Gasteiger partial charge in [0.15, 0.2) is 0 Å². The normalized spacial score (nSPS) is 28.9. The summed E-state index contributed by atoms with van der Waals surface area (Å²) in [5, 5.41) is 0. The Hall–Kier alpha value is -0.0400. The molecule has 2 rings (SSSR count). The highest BCUT2D eigenvalue weighted by atomic mass is 127. The number of hydrogen-bond donors (Lipinski definition) is 0. The van der Waals surface area contributed by atoms with Crippen LogP contribution in [0.2, 0.25) is 0 Å². The SMILES string of the molecule is CC(C)(C)OC(=O)N1[C@@H](CC2CCCCC2)[C@@H](CI)OC1(C)C. The molecule has 0 spiro atoms. The summed E-state index contributed by atoms with van der Waals surface area (Å²) in [5.74, 6) is 0.710. The van der Waals surface area contributed by atoms with Crippen molar-refractivity contribution in [2.24, 2.45) is 5.92 Å². The summed E-state index contributed by atoms with van der Waals surface area (Å²) >= 11 is 2.37. The molecule has 1 saturated carbocycles. The Morgan fingerprint density at radius 1 is 1.26 bits per heavy atom. The summed E-state index contributed by atoms with van der Waals surface area (Å²) in [7, 11) is 0. The predicted octanol–water partition coefficient (Wildman–Crippen LogP) is 5.13. The first kappa shape index (κ1) is 19.3. The Balaban J connectivity index is 2.16. The maximum absolute atomic E-state index is 12.8. The molecule has 5 heteroatoms. The largest absolute Gasteiger partial charge is 0.444 e. The Morgan fingerprint density at radius 3 is 2.39 bits per heavy atom. The molecule has 1 saturated heterocycles. The van der Waals surface area contributed by atoms with Gasteiger partial charge in [-0.1, -0.05) is 54.7 Å². The lowest BCUT2D eigenvalue weighted by molar-refractivity contribution is -0.0747. The lowest BCUT2D eigenvalue weighted by Gasteiger charge is -2.36. The highest BCUT2D eigenvalue weighted by Gasteiger charge is 2.51. The maximum atomic E-state index is 12.8. The van der Waals surface area contributed by atoms with Crippen molar-refractivity contribution in [3.05, 3.63) is 0 Å². The van der Waals surface area contributed by atoms with E-state index in [-0.39, 0.29) is 18.2 Å². The number of nitrogens with zero attached hydrogens (tertiary/aromatic N) is 1. The van der Waals surface area contributed by atoms with Crippen molar-refractivity contribution in [2.75, 3.05) is 4.43 Å². The molecule has 0 aromatic rings. The van der Waals surface area contributed by atoms with Gasteiger partial charge in [-0.25, -0.2) is 4.79 Å². The highest BCUT2D eigenvalue weighted by Crippen LogP contribution is 2.39. The average Bonchev–Trinajstić information content (AvgIpc) is 2.68. The van der Waals surface area contributed by atoms with Crippen LogP contribution in [-0.2, 0) is 9.47 Å². The van der Waals surface area contributed by atoms with Crippen LogP contribution in [0.5, 0.6) is 0 Å². The van der Waals surface area contributed by atoms with E-state index in [0.717, 1.165) is 10.8 Å². The fourth-order valence-corrected chi connectivity index (χ4v) is 4.66. The van der Waals surface area contributed by atoms with Crippen LogP contribution in [0.25, 0.3) is 0 Å². The van der Waals surface area contributed by atoms with Crippen LogP contribution in [0.4, 0.5) is 4.79 Å². The zero-order valence-electron chi connectivity index (χ0n) is 15.2. The van der Waals surface area contributed by atoms with Crippen molar-refractivity contribution in [2.45, 2.75) is 96.6 Å². The number of amides is 1. The molecule has 134 valence electrons. The number of hydrogen-bond acceptors (Lipinski definition) is 3. The smallest absolute Gasteiger partial charge is 0.412 e. The van der Waals surface area contributed by atoms with Gasteiger partial charge in [-0.3, -0.25) is 4.90 Å². The molecule has 23 heavy (non-hydrogen) atoms. The van der Waals surface area contributed by atoms with Gasteiger partial charge in [-0.2, -0.15) is 0 Å². The molecule has 0 radical (unpaired) electrons. The molecular formula is C18H32INO3. The molecule has 1 amide bonds. The molecule has 2 atom stereocenters. The second-order valence-corrected chi connectivity index (χ2v) is 9.30. The first-order valence-electron chi connectivity index (χ1n) is 8.90. The third-order valence-corrected chi connectivity index (χ3v) is 5.69. The average molecular weight is 437 g/mol. The van der Waals surface area contributed by atoms with E-state index in [2.05, 4.69) is 22.6 Å². The van der Waals surface area contributed by atoms with Gasteiger partial charge < -0.3 is 9.47 Å². The van der Waals surface area contributed by atoms with E-state index in [1.165, 1.54) is 32.1 Å². The van der Waals surface area contributed by atoms with Crippen LogP contribution < -0.4 is 0 Å². The van der Waals surface area contributed by atoms with Crippen molar-refractivity contribution in [3.63, 3.8) is 0 Å². The van der Waals surface area contributed by atoms with Gasteiger partial charge in [0.2, 0.25) is 0 Å². The standard InChI is InChI=1S/C18H32INO3/c1-17(2,3)23-16(21)20-14(11-13-9-7-6-8-10-13)15(12-19)22-18(20,4)5/h13-15H,6-12H2,1-5H3/t14-,15+/m0/s1. The molecule has 0 aromatic heterocycles. The van der Waals surface area contributed by atoms with Crippen LogP contribution in [0.3, 0.4) is 0 Å². The molecule has 2 aliphatic rings. The number of halogens is 1. The second kappa shape index (κ2) is 7.46. The Bertz CT molecular complexity index is 413. The summed E-state index contributed by atoms with van der Waals surface area (Å²) in [4.78, 5) is 14.7. The first-order chi connectivity index (χ1) is 10.6. The van der Waals surface area contributed by atoms with E-state index in [1.807, 2.05) is 39.5 Å². The van der Waals surface area contributed by atoms with E-state index in [9.17, 15) is 4.79 Å². The molecule has 1 aliphatic heterocycles. The molecule has 2 fully saturated rings. The summed E-state index contributed by atoms with van der Waals surface area (Å²) in [6, 6.07) is 0.125. The van der Waals surface area contributed by atoms with Crippen LogP contribution in [0.15, 0.2) is 0 Å². The molecular weight excluding hydrogens is 405 g/mol. The van der Waals surface area contributed by atoms with E-state index in [1.54, 1.807) is 0 Å². The monoisotopic (exact) mass is 437 g/mol. The van der Waals surface area contributed by atoms with Crippen molar-refractivity contribution in [3.8, 4) is 0 Å². The quantitative estimate of drug-likeness (QED) is 0.454. The second-order valence-electron chi connectivity index (χ2n) is 8.41. The van der Waals surface area contributed by atoms with E-state index in [4.69, 9.17) is 9.47 Å². The van der Waals surface area contributed by atoms with Gasteiger partial charge in [0.1, 0.15) is 11.3 Å². The fraction of sp³-hybridized carbons (Fsp3) is 0.944. The van der Waals surface area contributed by atoms with E-state index >= 15 is 0 Å². The summed E-state index contributed by atoms with van der Waals surface area (Å²) in [5.41, 5.74) is -1.08. The van der Waals surface area contributed by atoms with Crippen molar-refractivity contribution < 1.29 is 14.3 Å². The molecule has 0 N–H and O–H groups in total. The highest BCUT2D eigenvalue weighted by molar-refractivity contribution is 14.1. The van der Waals surface area contributed by atoms with Crippen molar-refractivity contribution in [1.82, 2.24) is 4.90 Å². The number of carbonyl (C=O) groups excluding carboxylic acids is 1. The van der Waals surface area contributed by atoms with Crippen LogP contribution in [0.1, 0.15) is 73.1 Å². The number of rotatable bonds is 3. The van der Waals surface area contributed by atoms with Gasteiger partial charge in [0.05, 0.1) is 12.1 Å². The number of carbonyl (C=O) groups is 1. The van der Waals surface area contributed by atoms with Gasteiger partial charge in [-0.15, -0.1) is 0 Å². The summed E-state index contributed by atoms with van der Waals surface area (Å²) in [6.45, 7) is 9.72. The van der Waals surface area contributed by atoms with Gasteiger partial charge in [-0.05, 0) is 47.0 Å². The van der Waals surface area contributed by atoms with Gasteiger partial charge in [0.25, 0.3) is 0 Å². The lowest BCUT2D eigenvalue weighted by atomic mass is 9.83. The molecule has 1 aliphatic carbocycles. The van der Waals surface area contributed by atoms with E-state index in [0.29, 0.717) is 5.92 Å². The zero-order chi connectivity index (χ0) is 17.3. The van der Waals surface area contributed by atoms with Crippen molar-refractivity contribution >= 4 is 28.7 Å². The van der Waals surface area contributed by atoms with Crippen LogP contribution in [0, 0.1) is 5.92 Å². The predicted molar refractivity (Wildman–Crippen MR) is 101 cm³/mol. The first-order valence-corrected chi connectivity index (χ1v) is 10.4. The lowest BCUT2D eigenvalue weighted by Crippen LogP contribution is -2.51. The summed E-state index contributed by atoms with van der Waals surface area (Å²) in [6.07, 6.45) is 7.47. The summed E-state index contributed by atoms with van der Waals surface area (Å²) < 4.78 is 12.8. The van der Waals surface area contributed by atoms with Crippen LogP contribution >= 0.6 is 22.6 Å². The third-order valence-electron chi connectivity index (χ3n) is 4.82. The van der Waals surface area contributed by atoms with Crippen LogP contribution in [-0.4, -0.2) is 38.9 Å². The zero-order valence-corrected chi connectivity index (χ0v) is 17.4. The molecule has 4 nitrogen and oxygen atoms in total. The molecule has 0 unspecified atom stereocenters. The van der Waals surface area contributed by atoms with Crippen molar-refractivity contribution in [1.29, 1.82) is 0 Å². The van der Waals surface area contributed by atoms with Gasteiger partial charge >= 0.3 is 6.09 Å². The minimum atomic E-state index is -0.600. The fourth-order valence-electron chi connectivity index (χ4n) is 3.89. The number of alkyl halides is 1. The molecule has 0 aromatic carbocycles.